The Labute approximate surface area is 93.2 Å². The summed E-state index contributed by atoms with van der Waals surface area (Å²) in [5.74, 6) is 0.157. The number of rotatable bonds is 3. The fourth-order valence-electron chi connectivity index (χ4n) is 1.32. The monoisotopic (exact) mass is 223 g/mol. The van der Waals surface area contributed by atoms with Gasteiger partial charge in [0.15, 0.2) is 5.78 Å². The van der Waals surface area contributed by atoms with Gasteiger partial charge in [0.2, 0.25) is 0 Å². The quantitative estimate of drug-likeness (QED) is 0.584. The molecule has 0 N–H and O–H groups in total. The Hall–Kier alpha value is -1.53. The minimum atomic E-state index is -0.169. The van der Waals surface area contributed by atoms with Crippen LogP contribution >= 0.6 is 11.6 Å². The van der Waals surface area contributed by atoms with Crippen LogP contribution in [-0.2, 0) is 0 Å². The smallest absolute Gasteiger partial charge is 0.177 e. The average Bonchev–Trinajstić information content (AvgIpc) is 2.27. The maximum absolute atomic E-state index is 11.4. The van der Waals surface area contributed by atoms with Gasteiger partial charge in [-0.05, 0) is 24.6 Å². The lowest BCUT2D eigenvalue weighted by Gasteiger charge is -2.07. The molecular weight excluding hydrogens is 214 g/mol. The van der Waals surface area contributed by atoms with E-state index in [2.05, 4.69) is 0 Å². The maximum Gasteiger partial charge on any atom is 0.177 e. The van der Waals surface area contributed by atoms with Crippen molar-refractivity contribution < 1.29 is 9.53 Å². The second-order valence-electron chi connectivity index (χ2n) is 3.04. The molecule has 1 rings (SSSR count). The van der Waals surface area contributed by atoms with Crippen molar-refractivity contribution in [1.29, 1.82) is 5.26 Å². The zero-order valence-electron chi connectivity index (χ0n) is 8.50. The molecule has 0 saturated carbocycles. The summed E-state index contributed by atoms with van der Waals surface area (Å²) < 4.78 is 5.01. The Kier molecular flexibility index (Phi) is 3.70. The lowest BCUT2D eigenvalue weighted by Crippen LogP contribution is -2.04. The molecule has 1 aromatic carbocycles. The number of alkyl halides is 1. The number of ketones is 1. The molecule has 78 valence electrons. The van der Waals surface area contributed by atoms with Gasteiger partial charge in [0.05, 0.1) is 18.6 Å². The SMILES string of the molecule is COc1cc(C(=O)CCl)c(C)cc1C#N. The molecule has 0 fully saturated rings. The number of nitrogens with zero attached hydrogens (tertiary/aromatic N) is 1. The summed E-state index contributed by atoms with van der Waals surface area (Å²) in [6, 6.07) is 5.18. The zero-order chi connectivity index (χ0) is 11.4. The number of methoxy groups -OCH3 is 1. The molecule has 0 aliphatic heterocycles. The molecule has 0 radical (unpaired) electrons. The van der Waals surface area contributed by atoms with Gasteiger partial charge in [-0.25, -0.2) is 0 Å². The van der Waals surface area contributed by atoms with Crippen molar-refractivity contribution in [2.24, 2.45) is 0 Å². The average molecular weight is 224 g/mol. The van der Waals surface area contributed by atoms with Crippen molar-refractivity contribution in [3.05, 3.63) is 28.8 Å². The van der Waals surface area contributed by atoms with Crippen LogP contribution in [0.4, 0.5) is 0 Å². The predicted molar refractivity (Wildman–Crippen MR) is 57.5 cm³/mol. The first-order chi connectivity index (χ1) is 7.13. The van der Waals surface area contributed by atoms with Crippen LogP contribution in [0.1, 0.15) is 21.5 Å². The number of hydrogen-bond donors (Lipinski definition) is 0. The van der Waals surface area contributed by atoms with Crippen molar-refractivity contribution in [2.75, 3.05) is 13.0 Å². The van der Waals surface area contributed by atoms with Crippen LogP contribution in [0.15, 0.2) is 12.1 Å². The van der Waals surface area contributed by atoms with Gasteiger partial charge < -0.3 is 4.74 Å². The van der Waals surface area contributed by atoms with Crippen molar-refractivity contribution >= 4 is 17.4 Å². The highest BCUT2D eigenvalue weighted by molar-refractivity contribution is 6.30. The number of benzene rings is 1. The predicted octanol–water partition coefficient (Wildman–Crippen LogP) is 2.30. The first-order valence-electron chi connectivity index (χ1n) is 4.32. The number of nitriles is 1. The van der Waals surface area contributed by atoms with Crippen molar-refractivity contribution in [1.82, 2.24) is 0 Å². The van der Waals surface area contributed by atoms with Crippen LogP contribution in [-0.4, -0.2) is 18.8 Å². The largest absolute Gasteiger partial charge is 0.495 e. The molecule has 4 heteroatoms. The van der Waals surface area contributed by atoms with Gasteiger partial charge in [0, 0.05) is 5.56 Å². The van der Waals surface area contributed by atoms with Gasteiger partial charge in [-0.1, -0.05) is 0 Å². The van der Waals surface area contributed by atoms with Gasteiger partial charge in [0.25, 0.3) is 0 Å². The maximum atomic E-state index is 11.4. The summed E-state index contributed by atoms with van der Waals surface area (Å²) in [6.07, 6.45) is 0. The third-order valence-corrected chi connectivity index (χ3v) is 2.33. The molecule has 0 bridgehead atoms. The number of Topliss-reactive ketones (excluding diaryl/α,β-unsaturated/α-hetero) is 1. The molecule has 0 aromatic heterocycles. The van der Waals surface area contributed by atoms with Gasteiger partial charge in [-0.3, -0.25) is 4.79 Å². The van der Waals surface area contributed by atoms with Crippen LogP contribution < -0.4 is 4.74 Å². The molecular formula is C11H10ClNO2. The van der Waals surface area contributed by atoms with Crippen molar-refractivity contribution in [2.45, 2.75) is 6.92 Å². The molecule has 0 amide bonds. The number of carbonyl (C=O) groups excluding carboxylic acids is 1. The number of halogens is 1. The summed E-state index contributed by atoms with van der Waals surface area (Å²) in [6.45, 7) is 1.76. The van der Waals surface area contributed by atoms with Gasteiger partial charge >= 0.3 is 0 Å². The third kappa shape index (κ3) is 2.28. The molecule has 15 heavy (non-hydrogen) atoms. The van der Waals surface area contributed by atoms with E-state index in [1.54, 1.807) is 19.1 Å². The summed E-state index contributed by atoms with van der Waals surface area (Å²) in [5.41, 5.74) is 1.65. The van der Waals surface area contributed by atoms with E-state index >= 15 is 0 Å². The molecule has 0 spiro atoms. The van der Waals surface area contributed by atoms with E-state index in [-0.39, 0.29) is 11.7 Å². The molecule has 0 aliphatic carbocycles. The van der Waals surface area contributed by atoms with E-state index in [0.717, 1.165) is 5.56 Å². The molecule has 0 saturated heterocycles. The normalized spacial score (nSPS) is 9.47. The van der Waals surface area contributed by atoms with Crippen LogP contribution in [0.3, 0.4) is 0 Å². The Morgan fingerprint density at radius 3 is 2.73 bits per heavy atom. The molecule has 0 unspecified atom stereocenters. The van der Waals surface area contributed by atoms with E-state index in [9.17, 15) is 4.79 Å². The Morgan fingerprint density at radius 1 is 1.60 bits per heavy atom. The summed E-state index contributed by atoms with van der Waals surface area (Å²) in [5, 5.41) is 8.82. The second kappa shape index (κ2) is 4.81. The minimum absolute atomic E-state index is 0.0735. The Morgan fingerprint density at radius 2 is 2.27 bits per heavy atom. The topological polar surface area (TPSA) is 50.1 Å². The lowest BCUT2D eigenvalue weighted by molar-refractivity contribution is 0.102. The summed E-state index contributed by atoms with van der Waals surface area (Å²) in [4.78, 5) is 11.4. The Balaban J connectivity index is 3.33. The van der Waals surface area contributed by atoms with E-state index in [1.165, 1.54) is 7.11 Å². The minimum Gasteiger partial charge on any atom is -0.495 e. The first kappa shape index (κ1) is 11.5. The van der Waals surface area contributed by atoms with E-state index in [0.29, 0.717) is 16.9 Å². The number of ether oxygens (including phenoxy) is 1. The molecule has 3 nitrogen and oxygen atoms in total. The zero-order valence-corrected chi connectivity index (χ0v) is 9.26. The Bertz CT molecular complexity index is 435. The van der Waals surface area contributed by atoms with E-state index < -0.39 is 0 Å². The number of carbonyl (C=O) groups is 1. The van der Waals surface area contributed by atoms with E-state index in [1.807, 2.05) is 6.07 Å². The molecule has 0 heterocycles. The van der Waals surface area contributed by atoms with Crippen LogP contribution in [0, 0.1) is 18.3 Å². The number of aryl methyl sites for hydroxylation is 1. The molecule has 1 aromatic rings. The third-order valence-electron chi connectivity index (χ3n) is 2.09. The highest BCUT2D eigenvalue weighted by Crippen LogP contribution is 2.23. The number of hydrogen-bond acceptors (Lipinski definition) is 3. The highest BCUT2D eigenvalue weighted by Gasteiger charge is 2.12. The van der Waals surface area contributed by atoms with Gasteiger partial charge in [-0.2, -0.15) is 5.26 Å². The van der Waals surface area contributed by atoms with Gasteiger partial charge in [0.1, 0.15) is 11.8 Å². The van der Waals surface area contributed by atoms with E-state index in [4.69, 9.17) is 21.6 Å². The summed E-state index contributed by atoms with van der Waals surface area (Å²) in [7, 11) is 1.46. The fraction of sp³-hybridized carbons (Fsp3) is 0.273. The van der Waals surface area contributed by atoms with Crippen LogP contribution in [0.2, 0.25) is 0 Å². The summed E-state index contributed by atoms with van der Waals surface area (Å²) >= 11 is 5.47. The lowest BCUT2D eigenvalue weighted by atomic mass is 10.0. The van der Waals surface area contributed by atoms with Crippen molar-refractivity contribution in [3.63, 3.8) is 0 Å². The van der Waals surface area contributed by atoms with Crippen LogP contribution in [0.25, 0.3) is 0 Å². The first-order valence-corrected chi connectivity index (χ1v) is 4.85. The van der Waals surface area contributed by atoms with Gasteiger partial charge in [-0.15, -0.1) is 11.6 Å². The second-order valence-corrected chi connectivity index (χ2v) is 3.30. The fourth-order valence-corrected chi connectivity index (χ4v) is 1.46. The standard InChI is InChI=1S/C11H10ClNO2/c1-7-3-8(6-13)11(15-2)4-9(7)10(14)5-12/h3-4H,5H2,1-2H3. The molecule has 0 atom stereocenters. The highest BCUT2D eigenvalue weighted by atomic mass is 35.5. The van der Waals surface area contributed by atoms with Crippen molar-refractivity contribution in [3.8, 4) is 11.8 Å². The molecule has 0 aliphatic rings. The van der Waals surface area contributed by atoms with Crippen LogP contribution in [0.5, 0.6) is 5.75 Å².